The Morgan fingerprint density at radius 1 is 1.44 bits per heavy atom. The minimum absolute atomic E-state index is 0.188. The third-order valence-corrected chi connectivity index (χ3v) is 4.22. The van der Waals surface area contributed by atoms with Crippen molar-refractivity contribution in [2.45, 2.75) is 19.1 Å². The van der Waals surface area contributed by atoms with Crippen LogP contribution in [0.15, 0.2) is 29.6 Å². The fourth-order valence-electron chi connectivity index (χ4n) is 2.76. The Kier molecular flexibility index (Phi) is 4.19. The summed E-state index contributed by atoms with van der Waals surface area (Å²) in [6.07, 6.45) is -2.11. The molecule has 3 rings (SSSR count). The van der Waals surface area contributed by atoms with Gasteiger partial charge < -0.3 is 10.1 Å². The standard InChI is InChI=1S/C15H12ClF3N4O2/c1-8-7-22(10-2-3-11(12(16)4-10)15(17,18)19)14(24)13-9(6-21-25)5-20-23(8)13/h2-6,8,25H,7H2,1H3/b21-6+/t8-/m0/s1. The lowest BCUT2D eigenvalue weighted by Crippen LogP contribution is -2.43. The largest absolute Gasteiger partial charge is 0.417 e. The van der Waals surface area contributed by atoms with Crippen LogP contribution in [0.3, 0.4) is 0 Å². The molecule has 0 aliphatic carbocycles. The van der Waals surface area contributed by atoms with Crippen molar-refractivity contribution in [3.8, 4) is 0 Å². The summed E-state index contributed by atoms with van der Waals surface area (Å²) in [4.78, 5) is 14.1. The van der Waals surface area contributed by atoms with Crippen molar-refractivity contribution in [2.24, 2.45) is 5.16 Å². The number of rotatable bonds is 2. The average molecular weight is 373 g/mol. The maximum absolute atomic E-state index is 12.8. The van der Waals surface area contributed by atoms with E-state index < -0.39 is 22.7 Å². The molecule has 132 valence electrons. The monoisotopic (exact) mass is 372 g/mol. The van der Waals surface area contributed by atoms with Crippen molar-refractivity contribution in [3.63, 3.8) is 0 Å². The van der Waals surface area contributed by atoms with Gasteiger partial charge in [0.25, 0.3) is 5.91 Å². The molecule has 1 aromatic heterocycles. The average Bonchev–Trinajstić information content (AvgIpc) is 2.94. The first-order valence-electron chi connectivity index (χ1n) is 7.17. The molecule has 0 saturated heterocycles. The predicted octanol–water partition coefficient (Wildman–Crippen LogP) is 3.58. The normalized spacial score (nSPS) is 18.0. The molecular formula is C15H12ClF3N4O2. The van der Waals surface area contributed by atoms with Gasteiger partial charge in [0, 0.05) is 17.8 Å². The highest BCUT2D eigenvalue weighted by Gasteiger charge is 2.36. The second-order valence-electron chi connectivity index (χ2n) is 5.56. The zero-order chi connectivity index (χ0) is 18.4. The molecule has 10 heteroatoms. The summed E-state index contributed by atoms with van der Waals surface area (Å²) in [6.45, 7) is 2.02. The van der Waals surface area contributed by atoms with Crippen molar-refractivity contribution < 1.29 is 23.2 Å². The molecule has 1 N–H and O–H groups in total. The maximum atomic E-state index is 12.8. The van der Waals surface area contributed by atoms with Gasteiger partial charge in [-0.2, -0.15) is 18.3 Å². The van der Waals surface area contributed by atoms with Gasteiger partial charge in [0.1, 0.15) is 5.69 Å². The molecule has 1 aliphatic heterocycles. The predicted molar refractivity (Wildman–Crippen MR) is 84.4 cm³/mol. The number of nitrogens with zero attached hydrogens (tertiary/aromatic N) is 4. The Labute approximate surface area is 145 Å². The SMILES string of the molecule is C[C@H]1CN(c2ccc(C(F)(F)F)c(Cl)c2)C(=O)c2c(/C=N/O)cnn21. The molecule has 25 heavy (non-hydrogen) atoms. The van der Waals surface area contributed by atoms with Gasteiger partial charge in [-0.15, -0.1) is 0 Å². The van der Waals surface area contributed by atoms with Gasteiger partial charge in [-0.25, -0.2) is 0 Å². The van der Waals surface area contributed by atoms with E-state index in [9.17, 15) is 18.0 Å². The molecule has 0 radical (unpaired) electrons. The van der Waals surface area contributed by atoms with Crippen molar-refractivity contribution >= 4 is 29.4 Å². The van der Waals surface area contributed by atoms with E-state index in [1.165, 1.54) is 21.8 Å². The van der Waals surface area contributed by atoms with E-state index in [0.717, 1.165) is 18.3 Å². The summed E-state index contributed by atoms with van der Waals surface area (Å²) in [5, 5.41) is 15.2. The highest BCUT2D eigenvalue weighted by Crippen LogP contribution is 2.37. The molecule has 1 atom stereocenters. The van der Waals surface area contributed by atoms with Crippen molar-refractivity contribution in [1.29, 1.82) is 0 Å². The minimum Gasteiger partial charge on any atom is -0.411 e. The molecule has 2 aromatic rings. The lowest BCUT2D eigenvalue weighted by molar-refractivity contribution is -0.137. The first-order valence-corrected chi connectivity index (χ1v) is 7.55. The lowest BCUT2D eigenvalue weighted by atomic mass is 10.1. The summed E-state index contributed by atoms with van der Waals surface area (Å²) in [6, 6.07) is 2.93. The molecule has 1 aromatic carbocycles. The Bertz CT molecular complexity index is 863. The molecule has 0 fully saturated rings. The number of amides is 1. The number of oxime groups is 1. The number of halogens is 4. The number of aromatic nitrogens is 2. The molecule has 0 saturated carbocycles. The number of hydrogen-bond acceptors (Lipinski definition) is 4. The lowest BCUT2D eigenvalue weighted by Gasteiger charge is -2.32. The van der Waals surface area contributed by atoms with Crippen LogP contribution >= 0.6 is 11.6 Å². The highest BCUT2D eigenvalue weighted by atomic mass is 35.5. The first kappa shape index (κ1) is 17.3. The molecule has 0 bridgehead atoms. The van der Waals surface area contributed by atoms with Crippen LogP contribution in [0.4, 0.5) is 18.9 Å². The first-order chi connectivity index (χ1) is 11.7. The van der Waals surface area contributed by atoms with Crippen LogP contribution in [0.2, 0.25) is 5.02 Å². The van der Waals surface area contributed by atoms with Crippen molar-refractivity contribution in [3.05, 3.63) is 46.2 Å². The van der Waals surface area contributed by atoms with Crippen LogP contribution in [-0.4, -0.2) is 33.7 Å². The number of hydrogen-bond donors (Lipinski definition) is 1. The number of benzene rings is 1. The van der Waals surface area contributed by atoms with Gasteiger partial charge in [0.15, 0.2) is 0 Å². The van der Waals surface area contributed by atoms with Gasteiger partial charge in [-0.05, 0) is 25.1 Å². The topological polar surface area (TPSA) is 70.7 Å². The van der Waals surface area contributed by atoms with Gasteiger partial charge in [-0.3, -0.25) is 9.48 Å². The Balaban J connectivity index is 2.03. The molecule has 0 spiro atoms. The fraction of sp³-hybridized carbons (Fsp3) is 0.267. The van der Waals surface area contributed by atoms with E-state index in [-0.39, 0.29) is 24.0 Å². The van der Waals surface area contributed by atoms with Crippen LogP contribution in [0.5, 0.6) is 0 Å². The zero-order valence-corrected chi connectivity index (χ0v) is 13.6. The second kappa shape index (κ2) is 6.07. The van der Waals surface area contributed by atoms with Gasteiger partial charge >= 0.3 is 6.18 Å². The van der Waals surface area contributed by atoms with Crippen molar-refractivity contribution in [1.82, 2.24) is 9.78 Å². The number of carbonyl (C=O) groups excluding carboxylic acids is 1. The van der Waals surface area contributed by atoms with Crippen molar-refractivity contribution in [2.75, 3.05) is 11.4 Å². The molecule has 0 unspecified atom stereocenters. The van der Waals surface area contributed by atoms with Crippen LogP contribution in [-0.2, 0) is 6.18 Å². The molecule has 1 amide bonds. The van der Waals surface area contributed by atoms with Gasteiger partial charge in [-0.1, -0.05) is 16.8 Å². The quantitative estimate of drug-likeness (QED) is 0.497. The molecule has 1 aliphatic rings. The Morgan fingerprint density at radius 3 is 2.76 bits per heavy atom. The molecule has 2 heterocycles. The summed E-state index contributed by atoms with van der Waals surface area (Å²) in [5.41, 5.74) is -0.225. The number of alkyl halides is 3. The second-order valence-corrected chi connectivity index (χ2v) is 5.97. The smallest absolute Gasteiger partial charge is 0.411 e. The Hall–Kier alpha value is -2.55. The zero-order valence-electron chi connectivity index (χ0n) is 12.8. The van der Waals surface area contributed by atoms with E-state index in [0.29, 0.717) is 5.56 Å². The van der Waals surface area contributed by atoms with E-state index in [1.807, 2.05) is 6.92 Å². The van der Waals surface area contributed by atoms with Crippen LogP contribution in [0.25, 0.3) is 0 Å². The highest BCUT2D eigenvalue weighted by molar-refractivity contribution is 6.31. The fourth-order valence-corrected chi connectivity index (χ4v) is 3.05. The van der Waals surface area contributed by atoms with E-state index in [4.69, 9.17) is 16.8 Å². The maximum Gasteiger partial charge on any atom is 0.417 e. The summed E-state index contributed by atoms with van der Waals surface area (Å²) in [5.74, 6) is -0.471. The molecule has 6 nitrogen and oxygen atoms in total. The van der Waals surface area contributed by atoms with E-state index >= 15 is 0 Å². The number of anilines is 1. The number of carbonyl (C=O) groups is 1. The minimum atomic E-state index is -4.57. The summed E-state index contributed by atoms with van der Waals surface area (Å²) in [7, 11) is 0. The summed E-state index contributed by atoms with van der Waals surface area (Å²) < 4.78 is 40.0. The van der Waals surface area contributed by atoms with Crippen LogP contribution in [0.1, 0.15) is 34.6 Å². The van der Waals surface area contributed by atoms with E-state index in [1.54, 1.807) is 0 Å². The van der Waals surface area contributed by atoms with E-state index in [2.05, 4.69) is 10.3 Å². The van der Waals surface area contributed by atoms with Crippen LogP contribution < -0.4 is 4.90 Å². The van der Waals surface area contributed by atoms with Crippen LogP contribution in [0, 0.1) is 0 Å². The molecular weight excluding hydrogens is 361 g/mol. The third-order valence-electron chi connectivity index (χ3n) is 3.90. The summed E-state index contributed by atoms with van der Waals surface area (Å²) >= 11 is 5.75. The van der Waals surface area contributed by atoms with Gasteiger partial charge in [0.2, 0.25) is 0 Å². The van der Waals surface area contributed by atoms with Gasteiger partial charge in [0.05, 0.1) is 29.0 Å². The number of fused-ring (bicyclic) bond motifs is 1. The third kappa shape index (κ3) is 2.95. The Morgan fingerprint density at radius 2 is 2.16 bits per heavy atom.